The van der Waals surface area contributed by atoms with Crippen LogP contribution in [-0.4, -0.2) is 56.3 Å². The second-order valence-electron chi connectivity index (χ2n) is 8.15. The Hall–Kier alpha value is -2.22. The molecule has 1 aliphatic heterocycles. The number of hydrogen-bond acceptors (Lipinski definition) is 3. The van der Waals surface area contributed by atoms with Gasteiger partial charge in [-0.25, -0.2) is 8.42 Å². The molecule has 0 aromatic heterocycles. The van der Waals surface area contributed by atoms with Crippen molar-refractivity contribution < 1.29 is 18.5 Å². The van der Waals surface area contributed by atoms with E-state index in [0.29, 0.717) is 43.5 Å². The largest absolute Gasteiger partial charge is 0.335 e. The van der Waals surface area contributed by atoms with Gasteiger partial charge in [0, 0.05) is 31.7 Å². The fraction of sp³-hybridized carbons (Fsp3) is 0.435. The van der Waals surface area contributed by atoms with Crippen molar-refractivity contribution in [1.29, 1.82) is 0 Å². The van der Waals surface area contributed by atoms with Crippen LogP contribution in [0.2, 0.25) is 0 Å². The van der Waals surface area contributed by atoms with Gasteiger partial charge in [0.15, 0.2) is 6.54 Å². The summed E-state index contributed by atoms with van der Waals surface area (Å²) in [5, 5.41) is 2.02. The van der Waals surface area contributed by atoms with E-state index in [1.807, 2.05) is 35.6 Å². The lowest BCUT2D eigenvalue weighted by Gasteiger charge is -2.33. The van der Waals surface area contributed by atoms with Crippen LogP contribution in [-0.2, 0) is 14.8 Å². The van der Waals surface area contributed by atoms with Crippen LogP contribution < -0.4 is 5.32 Å². The highest BCUT2D eigenvalue weighted by molar-refractivity contribution is 7.89. The molecule has 1 heterocycles. The van der Waals surface area contributed by atoms with Crippen molar-refractivity contribution in [2.45, 2.75) is 37.6 Å². The van der Waals surface area contributed by atoms with E-state index in [9.17, 15) is 13.2 Å². The van der Waals surface area contributed by atoms with Crippen LogP contribution in [0.1, 0.15) is 43.9 Å². The first-order chi connectivity index (χ1) is 14.3. The quantitative estimate of drug-likeness (QED) is 0.730. The van der Waals surface area contributed by atoms with Crippen molar-refractivity contribution in [2.24, 2.45) is 0 Å². The van der Waals surface area contributed by atoms with Gasteiger partial charge in [0.05, 0.1) is 4.90 Å². The number of piperazine rings is 1. The normalized spacial score (nSPS) is 16.6. The van der Waals surface area contributed by atoms with Gasteiger partial charge in [-0.05, 0) is 30.5 Å². The smallest absolute Gasteiger partial charge is 0.277 e. The SMILES string of the molecule is CC(C)c1ccc(S(=O)(=O)N2CCN(C(=O)C[NH2+][C@@H](C)c3ccccc3)CC2)cc1. The zero-order valence-corrected chi connectivity index (χ0v) is 18.8. The van der Waals surface area contributed by atoms with Gasteiger partial charge >= 0.3 is 0 Å². The minimum absolute atomic E-state index is 0.0520. The summed E-state index contributed by atoms with van der Waals surface area (Å²) >= 11 is 0. The zero-order valence-electron chi connectivity index (χ0n) is 18.0. The summed E-state index contributed by atoms with van der Waals surface area (Å²) < 4.78 is 27.3. The minimum atomic E-state index is -3.53. The fourth-order valence-electron chi connectivity index (χ4n) is 3.65. The van der Waals surface area contributed by atoms with Crippen molar-refractivity contribution in [3.05, 3.63) is 65.7 Å². The van der Waals surface area contributed by atoms with E-state index in [1.54, 1.807) is 17.0 Å². The molecule has 3 rings (SSSR count). The van der Waals surface area contributed by atoms with E-state index >= 15 is 0 Å². The van der Waals surface area contributed by atoms with Gasteiger partial charge in [-0.2, -0.15) is 4.31 Å². The number of hydrogen-bond donors (Lipinski definition) is 1. The standard InChI is InChI=1S/C23H31N3O3S/c1-18(2)20-9-11-22(12-10-20)30(28,29)26-15-13-25(14-16-26)23(27)17-24-19(3)21-7-5-4-6-8-21/h4-12,18-19,24H,13-17H2,1-3H3/p+1/t19-/m0/s1. The van der Waals surface area contributed by atoms with Crippen LogP contribution in [0, 0.1) is 0 Å². The maximum atomic E-state index is 12.9. The summed E-state index contributed by atoms with van der Waals surface area (Å²) in [7, 11) is -3.53. The maximum Gasteiger partial charge on any atom is 0.277 e. The second-order valence-corrected chi connectivity index (χ2v) is 10.1. The fourth-order valence-corrected chi connectivity index (χ4v) is 5.07. The Kier molecular flexibility index (Phi) is 7.28. The van der Waals surface area contributed by atoms with Crippen molar-refractivity contribution in [3.63, 3.8) is 0 Å². The molecule has 162 valence electrons. The molecule has 2 N–H and O–H groups in total. The van der Waals surface area contributed by atoms with E-state index in [0.717, 1.165) is 5.56 Å². The molecular weight excluding hydrogens is 398 g/mol. The van der Waals surface area contributed by atoms with Crippen LogP contribution >= 0.6 is 0 Å². The highest BCUT2D eigenvalue weighted by Gasteiger charge is 2.30. The number of rotatable bonds is 7. The molecule has 1 atom stereocenters. The lowest BCUT2D eigenvalue weighted by Crippen LogP contribution is -2.87. The Morgan fingerprint density at radius 1 is 0.900 bits per heavy atom. The number of benzene rings is 2. The third-order valence-electron chi connectivity index (χ3n) is 5.75. The van der Waals surface area contributed by atoms with Gasteiger partial charge in [-0.15, -0.1) is 0 Å². The summed E-state index contributed by atoms with van der Waals surface area (Å²) in [6.07, 6.45) is 0. The molecule has 0 aliphatic carbocycles. The number of carbonyl (C=O) groups excluding carboxylic acids is 1. The molecule has 0 saturated carbocycles. The topological polar surface area (TPSA) is 74.3 Å². The van der Waals surface area contributed by atoms with Gasteiger partial charge in [-0.3, -0.25) is 4.79 Å². The van der Waals surface area contributed by atoms with E-state index in [2.05, 4.69) is 32.9 Å². The lowest BCUT2D eigenvalue weighted by atomic mass is 10.0. The lowest BCUT2D eigenvalue weighted by molar-refractivity contribution is -0.683. The Morgan fingerprint density at radius 3 is 2.07 bits per heavy atom. The Bertz CT molecular complexity index is 935. The minimum Gasteiger partial charge on any atom is -0.335 e. The number of carbonyl (C=O) groups is 1. The molecule has 2 aromatic carbocycles. The molecule has 0 unspecified atom stereocenters. The highest BCUT2D eigenvalue weighted by atomic mass is 32.2. The van der Waals surface area contributed by atoms with Crippen molar-refractivity contribution >= 4 is 15.9 Å². The molecule has 0 bridgehead atoms. The first kappa shape index (κ1) is 22.5. The number of nitrogens with zero attached hydrogens (tertiary/aromatic N) is 2. The number of quaternary nitrogens is 1. The summed E-state index contributed by atoms with van der Waals surface area (Å²) in [6.45, 7) is 8.11. The first-order valence-corrected chi connectivity index (χ1v) is 12.0. The molecule has 0 spiro atoms. The predicted molar refractivity (Wildman–Crippen MR) is 118 cm³/mol. The highest BCUT2D eigenvalue weighted by Crippen LogP contribution is 2.21. The van der Waals surface area contributed by atoms with Crippen LogP contribution in [0.5, 0.6) is 0 Å². The van der Waals surface area contributed by atoms with Gasteiger partial charge in [0.25, 0.3) is 5.91 Å². The average molecular weight is 431 g/mol. The van der Waals surface area contributed by atoms with E-state index in [1.165, 1.54) is 9.87 Å². The summed E-state index contributed by atoms with van der Waals surface area (Å²) in [5.41, 5.74) is 2.30. The van der Waals surface area contributed by atoms with Crippen molar-refractivity contribution in [2.75, 3.05) is 32.7 Å². The third kappa shape index (κ3) is 5.28. The second kappa shape index (κ2) is 9.73. The molecular formula is C23H32N3O3S+. The third-order valence-corrected chi connectivity index (χ3v) is 7.66. The Morgan fingerprint density at radius 2 is 1.50 bits per heavy atom. The predicted octanol–water partition coefficient (Wildman–Crippen LogP) is 1.97. The maximum absolute atomic E-state index is 12.9. The van der Waals surface area contributed by atoms with Crippen LogP contribution in [0.15, 0.2) is 59.5 Å². The zero-order chi connectivity index (χ0) is 21.7. The van der Waals surface area contributed by atoms with E-state index in [4.69, 9.17) is 0 Å². The molecule has 30 heavy (non-hydrogen) atoms. The van der Waals surface area contributed by atoms with E-state index < -0.39 is 10.0 Å². The average Bonchev–Trinajstić information content (AvgIpc) is 2.78. The van der Waals surface area contributed by atoms with Gasteiger partial charge < -0.3 is 10.2 Å². The summed E-state index contributed by atoms with van der Waals surface area (Å²) in [4.78, 5) is 14.7. The van der Waals surface area contributed by atoms with Gasteiger partial charge in [0.1, 0.15) is 6.04 Å². The van der Waals surface area contributed by atoms with Crippen LogP contribution in [0.3, 0.4) is 0 Å². The number of nitrogens with two attached hydrogens (primary N) is 1. The molecule has 1 amide bonds. The molecule has 1 aliphatic rings. The van der Waals surface area contributed by atoms with Crippen molar-refractivity contribution in [3.8, 4) is 0 Å². The van der Waals surface area contributed by atoms with Gasteiger partial charge in [0.2, 0.25) is 10.0 Å². The molecule has 6 nitrogen and oxygen atoms in total. The van der Waals surface area contributed by atoms with Crippen molar-refractivity contribution in [1.82, 2.24) is 9.21 Å². The number of amides is 1. The molecule has 7 heteroatoms. The van der Waals surface area contributed by atoms with Gasteiger partial charge in [-0.1, -0.05) is 56.3 Å². The molecule has 0 radical (unpaired) electrons. The molecule has 1 saturated heterocycles. The Balaban J connectivity index is 1.52. The summed E-state index contributed by atoms with van der Waals surface area (Å²) in [6, 6.07) is 17.4. The molecule has 2 aromatic rings. The summed E-state index contributed by atoms with van der Waals surface area (Å²) in [5.74, 6) is 0.411. The van der Waals surface area contributed by atoms with E-state index in [-0.39, 0.29) is 11.9 Å². The number of sulfonamides is 1. The van der Waals surface area contributed by atoms with Crippen LogP contribution in [0.4, 0.5) is 0 Å². The van der Waals surface area contributed by atoms with Crippen LogP contribution in [0.25, 0.3) is 0 Å². The first-order valence-electron chi connectivity index (χ1n) is 10.5. The monoisotopic (exact) mass is 430 g/mol. The molecule has 1 fully saturated rings. The Labute approximate surface area is 179 Å².